The summed E-state index contributed by atoms with van der Waals surface area (Å²) in [6.07, 6.45) is 3.59. The Labute approximate surface area is 75.6 Å². The van der Waals surface area contributed by atoms with E-state index in [2.05, 4.69) is 4.98 Å². The number of thiazole rings is 1. The fourth-order valence-corrected chi connectivity index (χ4v) is 2.45. The van der Waals surface area contributed by atoms with Crippen LogP contribution in [-0.4, -0.2) is 17.9 Å². The van der Waals surface area contributed by atoms with E-state index in [1.807, 2.05) is 11.8 Å². The van der Waals surface area contributed by atoms with Gasteiger partial charge in [0.25, 0.3) is 0 Å². The summed E-state index contributed by atoms with van der Waals surface area (Å²) >= 11 is 1.69. The molecule has 1 aliphatic rings. The summed E-state index contributed by atoms with van der Waals surface area (Å²) in [5.41, 5.74) is 1.17. The van der Waals surface area contributed by atoms with Gasteiger partial charge in [-0.1, -0.05) is 0 Å². The van der Waals surface area contributed by atoms with Gasteiger partial charge < -0.3 is 4.90 Å². The van der Waals surface area contributed by atoms with Gasteiger partial charge in [0.1, 0.15) is 5.00 Å². The van der Waals surface area contributed by atoms with Crippen LogP contribution in [-0.2, 0) is 6.42 Å². The smallest absolute Gasteiger partial charge is 0.120 e. The van der Waals surface area contributed by atoms with Crippen LogP contribution in [0.2, 0.25) is 0 Å². The fraction of sp³-hybridized carbons (Fsp3) is 0.500. The Morgan fingerprint density at radius 1 is 1.67 bits per heavy atom. The molecular weight excluding hydrogens is 170 g/mol. The highest BCUT2D eigenvalue weighted by Gasteiger charge is 2.18. The molecule has 1 aromatic heterocycles. The maximum atomic E-state index is 7.22. The first kappa shape index (κ1) is 7.73. The number of nitrogens with zero attached hydrogens (tertiary/aromatic N) is 2. The van der Waals surface area contributed by atoms with Gasteiger partial charge in [-0.3, -0.25) is 5.41 Å². The lowest BCUT2D eigenvalue weighted by Gasteiger charge is -2.22. The molecule has 0 saturated heterocycles. The minimum Gasteiger partial charge on any atom is -0.323 e. The molecule has 0 saturated carbocycles. The predicted molar refractivity (Wildman–Crippen MR) is 51.3 cm³/mol. The van der Waals surface area contributed by atoms with Crippen LogP contribution in [0.15, 0.2) is 0 Å². The Kier molecular flexibility index (Phi) is 1.84. The number of hydrogen-bond acceptors (Lipinski definition) is 3. The average Bonchev–Trinajstić information content (AvgIpc) is 2.44. The monoisotopic (exact) mass is 181 g/mol. The zero-order valence-electron chi connectivity index (χ0n) is 7.00. The van der Waals surface area contributed by atoms with E-state index in [-0.39, 0.29) is 0 Å². The Morgan fingerprint density at radius 3 is 3.25 bits per heavy atom. The molecule has 0 aliphatic carbocycles. The second-order valence-corrected chi connectivity index (χ2v) is 4.09. The number of aryl methyl sites for hydroxylation is 2. The molecule has 0 aromatic carbocycles. The molecular formula is C8H11N3S. The van der Waals surface area contributed by atoms with Crippen molar-refractivity contribution >= 4 is 22.7 Å². The molecule has 0 fully saturated rings. The lowest BCUT2D eigenvalue weighted by atomic mass is 10.2. The number of hydrogen-bond donors (Lipinski definition) is 1. The minimum atomic E-state index is 0.970. The summed E-state index contributed by atoms with van der Waals surface area (Å²) in [5.74, 6) is 0. The molecule has 2 heterocycles. The third kappa shape index (κ3) is 1.12. The first-order chi connectivity index (χ1) is 5.81. The number of fused-ring (bicyclic) bond motifs is 1. The van der Waals surface area contributed by atoms with E-state index in [0.717, 1.165) is 24.4 Å². The molecule has 1 N–H and O–H groups in total. The molecule has 3 nitrogen and oxygen atoms in total. The molecule has 1 aromatic rings. The van der Waals surface area contributed by atoms with E-state index in [1.54, 1.807) is 11.3 Å². The van der Waals surface area contributed by atoms with Gasteiger partial charge >= 0.3 is 0 Å². The van der Waals surface area contributed by atoms with E-state index in [1.165, 1.54) is 17.0 Å². The number of rotatable bonds is 1. The maximum Gasteiger partial charge on any atom is 0.120 e. The van der Waals surface area contributed by atoms with Crippen LogP contribution in [0.1, 0.15) is 17.1 Å². The molecule has 0 bridgehead atoms. The zero-order valence-corrected chi connectivity index (χ0v) is 7.82. The SMILES string of the molecule is Cc1nc2c(s1)N(C=N)CCC2. The maximum absolute atomic E-state index is 7.22. The molecule has 0 spiro atoms. The summed E-state index contributed by atoms with van der Waals surface area (Å²) in [4.78, 5) is 6.40. The van der Waals surface area contributed by atoms with Crippen molar-refractivity contribution in [3.8, 4) is 0 Å². The van der Waals surface area contributed by atoms with E-state index in [4.69, 9.17) is 5.41 Å². The van der Waals surface area contributed by atoms with Crippen molar-refractivity contribution < 1.29 is 0 Å². The lowest BCUT2D eigenvalue weighted by molar-refractivity contribution is 0.769. The van der Waals surface area contributed by atoms with E-state index in [0.29, 0.717) is 0 Å². The van der Waals surface area contributed by atoms with Gasteiger partial charge in [0.15, 0.2) is 0 Å². The summed E-state index contributed by atoms with van der Waals surface area (Å²) < 4.78 is 0. The second-order valence-electron chi connectivity index (χ2n) is 2.91. The Hall–Kier alpha value is -0.900. The van der Waals surface area contributed by atoms with Crippen molar-refractivity contribution in [2.45, 2.75) is 19.8 Å². The van der Waals surface area contributed by atoms with Crippen LogP contribution in [0.4, 0.5) is 5.00 Å². The van der Waals surface area contributed by atoms with Crippen molar-refractivity contribution in [3.63, 3.8) is 0 Å². The second kappa shape index (κ2) is 2.86. The van der Waals surface area contributed by atoms with Gasteiger partial charge in [-0.2, -0.15) is 0 Å². The van der Waals surface area contributed by atoms with E-state index < -0.39 is 0 Å². The Bertz CT molecular complexity index is 305. The van der Waals surface area contributed by atoms with E-state index in [9.17, 15) is 0 Å². The predicted octanol–water partition coefficient (Wildman–Crippen LogP) is 1.81. The molecule has 0 radical (unpaired) electrons. The number of aromatic nitrogens is 1. The molecule has 2 rings (SSSR count). The van der Waals surface area contributed by atoms with Gasteiger partial charge in [0.05, 0.1) is 17.0 Å². The van der Waals surface area contributed by atoms with Crippen LogP contribution in [0.3, 0.4) is 0 Å². The normalized spacial score (nSPS) is 15.9. The van der Waals surface area contributed by atoms with Gasteiger partial charge in [-0.05, 0) is 19.8 Å². The van der Waals surface area contributed by atoms with Gasteiger partial charge in [-0.15, -0.1) is 11.3 Å². The fourth-order valence-electron chi connectivity index (χ4n) is 1.49. The summed E-state index contributed by atoms with van der Waals surface area (Å²) in [6.45, 7) is 2.99. The molecule has 64 valence electrons. The highest BCUT2D eigenvalue weighted by Crippen LogP contribution is 2.31. The first-order valence-electron chi connectivity index (χ1n) is 4.05. The molecule has 1 aliphatic heterocycles. The number of anilines is 1. The molecule has 0 amide bonds. The average molecular weight is 181 g/mol. The third-order valence-electron chi connectivity index (χ3n) is 2.01. The van der Waals surface area contributed by atoms with Crippen molar-refractivity contribution in [1.29, 1.82) is 5.41 Å². The molecule has 4 heteroatoms. The minimum absolute atomic E-state index is 0.970. The molecule has 0 atom stereocenters. The number of nitrogens with one attached hydrogen (secondary N) is 1. The van der Waals surface area contributed by atoms with Crippen LogP contribution < -0.4 is 4.90 Å². The highest BCUT2D eigenvalue weighted by atomic mass is 32.1. The van der Waals surface area contributed by atoms with Crippen molar-refractivity contribution in [3.05, 3.63) is 10.7 Å². The zero-order chi connectivity index (χ0) is 8.55. The Morgan fingerprint density at radius 2 is 2.50 bits per heavy atom. The van der Waals surface area contributed by atoms with Crippen molar-refractivity contribution in [2.75, 3.05) is 11.4 Å². The largest absolute Gasteiger partial charge is 0.323 e. The van der Waals surface area contributed by atoms with Crippen molar-refractivity contribution in [2.24, 2.45) is 0 Å². The van der Waals surface area contributed by atoms with Crippen LogP contribution in [0, 0.1) is 12.3 Å². The first-order valence-corrected chi connectivity index (χ1v) is 4.86. The Balaban J connectivity index is 2.43. The lowest BCUT2D eigenvalue weighted by Crippen LogP contribution is -2.26. The summed E-state index contributed by atoms with van der Waals surface area (Å²) in [7, 11) is 0. The van der Waals surface area contributed by atoms with Gasteiger partial charge in [0, 0.05) is 6.54 Å². The summed E-state index contributed by atoms with van der Waals surface area (Å²) in [6, 6.07) is 0. The standard InChI is InChI=1S/C8H11N3S/c1-6-10-7-3-2-4-11(5-9)8(7)12-6/h5,9H,2-4H2,1H3. The third-order valence-corrected chi connectivity index (χ3v) is 3.06. The molecule has 12 heavy (non-hydrogen) atoms. The highest BCUT2D eigenvalue weighted by molar-refractivity contribution is 7.16. The quantitative estimate of drug-likeness (QED) is 0.530. The van der Waals surface area contributed by atoms with Gasteiger partial charge in [-0.25, -0.2) is 4.98 Å². The van der Waals surface area contributed by atoms with Crippen LogP contribution in [0.5, 0.6) is 0 Å². The summed E-state index contributed by atoms with van der Waals surface area (Å²) in [5, 5.41) is 9.50. The molecule has 0 unspecified atom stereocenters. The topological polar surface area (TPSA) is 40.0 Å². The van der Waals surface area contributed by atoms with Crippen molar-refractivity contribution in [1.82, 2.24) is 4.98 Å². The van der Waals surface area contributed by atoms with E-state index >= 15 is 0 Å². The van der Waals surface area contributed by atoms with Crippen LogP contribution >= 0.6 is 11.3 Å². The van der Waals surface area contributed by atoms with Gasteiger partial charge in [0.2, 0.25) is 0 Å². The van der Waals surface area contributed by atoms with Crippen LogP contribution in [0.25, 0.3) is 0 Å².